The second-order valence-electron chi connectivity index (χ2n) is 5.08. The van der Waals surface area contributed by atoms with Crippen LogP contribution in [0.15, 0.2) is 12.4 Å². The summed E-state index contributed by atoms with van der Waals surface area (Å²) >= 11 is 1.77. The molecule has 0 aromatic carbocycles. The lowest BCUT2D eigenvalue weighted by atomic mass is 10.1. The van der Waals surface area contributed by atoms with Crippen molar-refractivity contribution in [2.24, 2.45) is 5.92 Å². The average molecular weight is 276 g/mol. The van der Waals surface area contributed by atoms with E-state index in [1.165, 1.54) is 36.2 Å². The molecule has 0 aliphatic carbocycles. The molecule has 0 bridgehead atoms. The summed E-state index contributed by atoms with van der Waals surface area (Å²) in [7, 11) is 0. The molecule has 2 aromatic rings. The number of rotatable bonds is 5. The molecule has 1 atom stereocenters. The first kappa shape index (κ1) is 12.8. The Morgan fingerprint density at radius 2 is 2.42 bits per heavy atom. The predicted octanol–water partition coefficient (Wildman–Crippen LogP) is 2.67. The van der Waals surface area contributed by atoms with Gasteiger partial charge in [-0.05, 0) is 44.3 Å². The third-order valence-electron chi connectivity index (χ3n) is 3.74. The Morgan fingerprint density at radius 1 is 1.47 bits per heavy atom. The first-order valence-electron chi connectivity index (χ1n) is 7.05. The minimum atomic E-state index is 0.818. The van der Waals surface area contributed by atoms with E-state index < -0.39 is 0 Å². The van der Waals surface area contributed by atoms with Crippen LogP contribution in [-0.2, 0) is 6.42 Å². The number of thiophene rings is 1. The first-order valence-corrected chi connectivity index (χ1v) is 7.86. The molecule has 3 rings (SSSR count). The van der Waals surface area contributed by atoms with Gasteiger partial charge in [0.25, 0.3) is 0 Å². The van der Waals surface area contributed by atoms with E-state index in [1.54, 1.807) is 17.7 Å². The van der Waals surface area contributed by atoms with Crippen molar-refractivity contribution in [2.75, 3.05) is 25.0 Å². The van der Waals surface area contributed by atoms with Crippen LogP contribution in [0.2, 0.25) is 0 Å². The summed E-state index contributed by atoms with van der Waals surface area (Å²) in [6, 6.07) is 2.22. The molecule has 0 saturated carbocycles. The molecule has 2 aromatic heterocycles. The predicted molar refractivity (Wildman–Crippen MR) is 80.9 cm³/mol. The molecule has 0 radical (unpaired) electrons. The monoisotopic (exact) mass is 276 g/mol. The lowest BCUT2D eigenvalue weighted by Crippen LogP contribution is -2.13. The van der Waals surface area contributed by atoms with E-state index in [4.69, 9.17) is 0 Å². The topological polar surface area (TPSA) is 49.8 Å². The van der Waals surface area contributed by atoms with Crippen molar-refractivity contribution in [3.63, 3.8) is 0 Å². The highest BCUT2D eigenvalue weighted by molar-refractivity contribution is 7.18. The fourth-order valence-corrected chi connectivity index (χ4v) is 3.51. The Labute approximate surface area is 117 Å². The van der Waals surface area contributed by atoms with Gasteiger partial charge in [0.2, 0.25) is 0 Å². The summed E-state index contributed by atoms with van der Waals surface area (Å²) in [6.07, 6.45) is 5.24. The lowest BCUT2D eigenvalue weighted by molar-refractivity contribution is 0.549. The van der Waals surface area contributed by atoms with E-state index in [2.05, 4.69) is 33.6 Å². The maximum Gasteiger partial charge on any atom is 0.138 e. The molecule has 1 aliphatic heterocycles. The maximum atomic E-state index is 4.39. The average Bonchev–Trinajstić information content (AvgIpc) is 3.07. The second-order valence-corrected chi connectivity index (χ2v) is 6.20. The smallest absolute Gasteiger partial charge is 0.138 e. The minimum absolute atomic E-state index is 0.818. The van der Waals surface area contributed by atoms with E-state index in [1.807, 2.05) is 0 Å². The van der Waals surface area contributed by atoms with Crippen LogP contribution in [0.25, 0.3) is 10.2 Å². The number of aromatic nitrogens is 2. The van der Waals surface area contributed by atoms with Crippen molar-refractivity contribution in [3.05, 3.63) is 17.3 Å². The second kappa shape index (κ2) is 5.84. The van der Waals surface area contributed by atoms with Crippen molar-refractivity contribution in [2.45, 2.75) is 26.2 Å². The van der Waals surface area contributed by atoms with Crippen LogP contribution in [0.4, 0.5) is 5.82 Å². The van der Waals surface area contributed by atoms with Gasteiger partial charge in [0.1, 0.15) is 17.0 Å². The van der Waals surface area contributed by atoms with Gasteiger partial charge in [-0.15, -0.1) is 11.3 Å². The van der Waals surface area contributed by atoms with Gasteiger partial charge in [-0.25, -0.2) is 9.97 Å². The first-order chi connectivity index (χ1) is 9.36. The van der Waals surface area contributed by atoms with Gasteiger partial charge in [0.15, 0.2) is 0 Å². The van der Waals surface area contributed by atoms with Gasteiger partial charge in [-0.2, -0.15) is 0 Å². The number of nitrogens with one attached hydrogen (secondary N) is 2. The highest BCUT2D eigenvalue weighted by Crippen LogP contribution is 2.28. The Morgan fingerprint density at radius 3 is 3.21 bits per heavy atom. The maximum absolute atomic E-state index is 4.39. The van der Waals surface area contributed by atoms with Gasteiger partial charge in [0.05, 0.1) is 5.39 Å². The van der Waals surface area contributed by atoms with E-state index in [-0.39, 0.29) is 0 Å². The summed E-state index contributed by atoms with van der Waals surface area (Å²) in [5, 5.41) is 8.06. The summed E-state index contributed by atoms with van der Waals surface area (Å²) in [5.41, 5.74) is 0. The van der Waals surface area contributed by atoms with Gasteiger partial charge < -0.3 is 10.6 Å². The number of fused-ring (bicyclic) bond motifs is 1. The van der Waals surface area contributed by atoms with Gasteiger partial charge in [-0.3, -0.25) is 0 Å². The molecule has 5 heteroatoms. The lowest BCUT2D eigenvalue weighted by Gasteiger charge is -2.10. The summed E-state index contributed by atoms with van der Waals surface area (Å²) in [6.45, 7) is 5.51. The summed E-state index contributed by atoms with van der Waals surface area (Å²) in [5.74, 6) is 1.81. The normalized spacial score (nSPS) is 19.1. The Bertz CT molecular complexity index is 545. The third-order valence-corrected chi connectivity index (χ3v) is 4.92. The zero-order chi connectivity index (χ0) is 13.1. The van der Waals surface area contributed by atoms with Crippen molar-refractivity contribution >= 4 is 27.4 Å². The van der Waals surface area contributed by atoms with Crippen molar-refractivity contribution in [1.82, 2.24) is 15.3 Å². The molecular weight excluding hydrogens is 256 g/mol. The SMILES string of the molecule is CCc1cc2c(NCCC3CCNC3)ncnc2s1. The number of hydrogen-bond acceptors (Lipinski definition) is 5. The molecule has 19 heavy (non-hydrogen) atoms. The number of nitrogens with zero attached hydrogens (tertiary/aromatic N) is 2. The fourth-order valence-electron chi connectivity index (χ4n) is 2.58. The van der Waals surface area contributed by atoms with Crippen LogP contribution in [0, 0.1) is 5.92 Å². The molecule has 1 fully saturated rings. The van der Waals surface area contributed by atoms with Gasteiger partial charge in [0, 0.05) is 11.4 Å². The molecule has 2 N–H and O–H groups in total. The number of hydrogen-bond donors (Lipinski definition) is 2. The van der Waals surface area contributed by atoms with Gasteiger partial charge >= 0.3 is 0 Å². The molecule has 0 spiro atoms. The van der Waals surface area contributed by atoms with E-state index in [9.17, 15) is 0 Å². The molecule has 0 amide bonds. The molecule has 4 nitrogen and oxygen atoms in total. The number of anilines is 1. The van der Waals surface area contributed by atoms with E-state index in [0.29, 0.717) is 0 Å². The fraction of sp³-hybridized carbons (Fsp3) is 0.571. The van der Waals surface area contributed by atoms with Crippen molar-refractivity contribution < 1.29 is 0 Å². The zero-order valence-electron chi connectivity index (χ0n) is 11.3. The zero-order valence-corrected chi connectivity index (χ0v) is 12.1. The van der Waals surface area contributed by atoms with E-state index >= 15 is 0 Å². The quantitative estimate of drug-likeness (QED) is 0.881. The van der Waals surface area contributed by atoms with Crippen LogP contribution >= 0.6 is 11.3 Å². The summed E-state index contributed by atoms with van der Waals surface area (Å²) in [4.78, 5) is 11.2. The van der Waals surface area contributed by atoms with Crippen LogP contribution in [0.3, 0.4) is 0 Å². The largest absolute Gasteiger partial charge is 0.369 e. The summed E-state index contributed by atoms with van der Waals surface area (Å²) < 4.78 is 0. The molecule has 1 unspecified atom stereocenters. The Kier molecular flexibility index (Phi) is 3.94. The van der Waals surface area contributed by atoms with Crippen molar-refractivity contribution in [3.8, 4) is 0 Å². The Hall–Kier alpha value is -1.20. The van der Waals surface area contributed by atoms with Crippen LogP contribution < -0.4 is 10.6 Å². The minimum Gasteiger partial charge on any atom is -0.369 e. The van der Waals surface area contributed by atoms with E-state index in [0.717, 1.165) is 29.5 Å². The third kappa shape index (κ3) is 2.87. The Balaban J connectivity index is 1.67. The number of aryl methyl sites for hydroxylation is 1. The van der Waals surface area contributed by atoms with Crippen molar-refractivity contribution in [1.29, 1.82) is 0 Å². The highest BCUT2D eigenvalue weighted by atomic mass is 32.1. The van der Waals surface area contributed by atoms with Gasteiger partial charge in [-0.1, -0.05) is 6.92 Å². The van der Waals surface area contributed by atoms with Crippen LogP contribution in [0.5, 0.6) is 0 Å². The molecule has 1 aliphatic rings. The van der Waals surface area contributed by atoms with Crippen LogP contribution in [-0.4, -0.2) is 29.6 Å². The standard InChI is InChI=1S/C14H20N4S/c1-2-11-7-12-13(17-9-18-14(12)19-11)16-6-4-10-3-5-15-8-10/h7,9-10,15H,2-6,8H2,1H3,(H,16,17,18). The molecule has 1 saturated heterocycles. The van der Waals surface area contributed by atoms with Crippen LogP contribution in [0.1, 0.15) is 24.6 Å². The molecular formula is C14H20N4S. The highest BCUT2D eigenvalue weighted by Gasteiger charge is 2.14. The molecule has 102 valence electrons. The molecule has 3 heterocycles.